The van der Waals surface area contributed by atoms with Gasteiger partial charge < -0.3 is 5.32 Å². The van der Waals surface area contributed by atoms with Crippen molar-refractivity contribution in [1.29, 1.82) is 0 Å². The van der Waals surface area contributed by atoms with Crippen molar-refractivity contribution in [3.8, 4) is 11.3 Å². The van der Waals surface area contributed by atoms with Crippen molar-refractivity contribution in [2.24, 2.45) is 0 Å². The van der Waals surface area contributed by atoms with Gasteiger partial charge in [0.25, 0.3) is 0 Å². The van der Waals surface area contributed by atoms with Gasteiger partial charge >= 0.3 is 0 Å². The van der Waals surface area contributed by atoms with Crippen molar-refractivity contribution >= 4 is 22.5 Å². The first-order valence-corrected chi connectivity index (χ1v) is 7.50. The SMILES string of the molecule is Cc1ccc2nc(-c3ccc4c(c3)CCC(=O)N4)ccc2c1. The van der Waals surface area contributed by atoms with E-state index in [0.29, 0.717) is 6.42 Å². The van der Waals surface area contributed by atoms with Crippen LogP contribution in [-0.4, -0.2) is 10.9 Å². The van der Waals surface area contributed by atoms with Gasteiger partial charge in [-0.1, -0.05) is 23.8 Å². The Morgan fingerprint density at radius 2 is 1.91 bits per heavy atom. The molecule has 22 heavy (non-hydrogen) atoms. The molecule has 0 fully saturated rings. The first kappa shape index (κ1) is 13.0. The minimum atomic E-state index is 0.0967. The molecule has 0 atom stereocenters. The summed E-state index contributed by atoms with van der Waals surface area (Å²) in [4.78, 5) is 16.2. The zero-order valence-electron chi connectivity index (χ0n) is 12.4. The largest absolute Gasteiger partial charge is 0.326 e. The number of anilines is 1. The molecule has 0 aliphatic carbocycles. The number of hydrogen-bond donors (Lipinski definition) is 1. The van der Waals surface area contributed by atoms with Crippen LogP contribution in [0.25, 0.3) is 22.2 Å². The van der Waals surface area contributed by atoms with Crippen LogP contribution in [0, 0.1) is 6.92 Å². The van der Waals surface area contributed by atoms with Crippen LogP contribution in [0.1, 0.15) is 17.5 Å². The van der Waals surface area contributed by atoms with Crippen LogP contribution in [0.4, 0.5) is 5.69 Å². The quantitative estimate of drug-likeness (QED) is 0.732. The number of nitrogens with one attached hydrogen (secondary N) is 1. The first-order valence-electron chi connectivity index (χ1n) is 7.50. The van der Waals surface area contributed by atoms with Crippen molar-refractivity contribution < 1.29 is 4.79 Å². The summed E-state index contributed by atoms with van der Waals surface area (Å²) < 4.78 is 0. The minimum Gasteiger partial charge on any atom is -0.326 e. The molecule has 3 nitrogen and oxygen atoms in total. The van der Waals surface area contributed by atoms with E-state index in [4.69, 9.17) is 4.98 Å². The Morgan fingerprint density at radius 3 is 2.82 bits per heavy atom. The maximum absolute atomic E-state index is 11.4. The molecule has 3 aromatic rings. The average molecular weight is 288 g/mol. The second-order valence-corrected chi connectivity index (χ2v) is 5.81. The van der Waals surface area contributed by atoms with Crippen molar-refractivity contribution in [2.75, 3.05) is 5.32 Å². The van der Waals surface area contributed by atoms with E-state index in [-0.39, 0.29) is 5.91 Å². The number of benzene rings is 2. The first-order chi connectivity index (χ1) is 10.7. The van der Waals surface area contributed by atoms with Crippen LogP contribution in [0.2, 0.25) is 0 Å². The normalized spacial score (nSPS) is 13.8. The smallest absolute Gasteiger partial charge is 0.224 e. The Bertz CT molecular complexity index is 899. The molecule has 0 saturated carbocycles. The zero-order valence-corrected chi connectivity index (χ0v) is 12.4. The fraction of sp³-hybridized carbons (Fsp3) is 0.158. The second kappa shape index (κ2) is 4.95. The van der Waals surface area contributed by atoms with Crippen LogP contribution >= 0.6 is 0 Å². The lowest BCUT2D eigenvalue weighted by Crippen LogP contribution is -2.18. The molecule has 1 aliphatic rings. The molecule has 0 unspecified atom stereocenters. The maximum atomic E-state index is 11.4. The van der Waals surface area contributed by atoms with Crippen LogP contribution in [0.15, 0.2) is 48.5 Å². The zero-order chi connectivity index (χ0) is 15.1. The highest BCUT2D eigenvalue weighted by molar-refractivity contribution is 5.94. The number of fused-ring (bicyclic) bond motifs is 2. The van der Waals surface area contributed by atoms with Crippen molar-refractivity contribution in [3.05, 3.63) is 59.7 Å². The van der Waals surface area contributed by atoms with Crippen LogP contribution in [-0.2, 0) is 11.2 Å². The molecule has 1 amide bonds. The average Bonchev–Trinajstić information content (AvgIpc) is 2.54. The molecule has 1 N–H and O–H groups in total. The molecular weight excluding hydrogens is 272 g/mol. The Kier molecular flexibility index (Phi) is 2.93. The summed E-state index contributed by atoms with van der Waals surface area (Å²) in [5.41, 5.74) is 6.42. The van der Waals surface area contributed by atoms with Crippen molar-refractivity contribution in [3.63, 3.8) is 0 Å². The Balaban J connectivity index is 1.78. The summed E-state index contributed by atoms with van der Waals surface area (Å²) in [7, 11) is 0. The van der Waals surface area contributed by atoms with Gasteiger partial charge in [0.1, 0.15) is 0 Å². The van der Waals surface area contributed by atoms with Gasteiger partial charge in [-0.15, -0.1) is 0 Å². The minimum absolute atomic E-state index is 0.0967. The molecule has 1 aliphatic heterocycles. The molecule has 2 aromatic carbocycles. The third-order valence-corrected chi connectivity index (χ3v) is 4.14. The molecule has 2 heterocycles. The molecule has 0 saturated heterocycles. The number of nitrogens with zero attached hydrogens (tertiary/aromatic N) is 1. The predicted octanol–water partition coefficient (Wildman–Crippen LogP) is 4.09. The monoisotopic (exact) mass is 288 g/mol. The third kappa shape index (κ3) is 2.25. The number of carbonyl (C=O) groups is 1. The molecule has 0 radical (unpaired) electrons. The Morgan fingerprint density at radius 1 is 1.00 bits per heavy atom. The number of pyridine rings is 1. The highest BCUT2D eigenvalue weighted by Gasteiger charge is 2.15. The van der Waals surface area contributed by atoms with Gasteiger partial charge in [-0.05, 0) is 49.2 Å². The van der Waals surface area contributed by atoms with Gasteiger partial charge in [-0.3, -0.25) is 4.79 Å². The summed E-state index contributed by atoms with van der Waals surface area (Å²) >= 11 is 0. The Hall–Kier alpha value is -2.68. The van der Waals surface area contributed by atoms with Gasteiger partial charge in [-0.25, -0.2) is 4.98 Å². The number of hydrogen-bond acceptors (Lipinski definition) is 2. The molecule has 0 bridgehead atoms. The van der Waals surface area contributed by atoms with E-state index in [1.165, 1.54) is 11.1 Å². The highest BCUT2D eigenvalue weighted by atomic mass is 16.1. The van der Waals surface area contributed by atoms with E-state index in [9.17, 15) is 4.79 Å². The second-order valence-electron chi connectivity index (χ2n) is 5.81. The van der Waals surface area contributed by atoms with Crippen molar-refractivity contribution in [1.82, 2.24) is 4.98 Å². The summed E-state index contributed by atoms with van der Waals surface area (Å²) in [6.45, 7) is 2.09. The van der Waals surface area contributed by atoms with Crippen LogP contribution < -0.4 is 5.32 Å². The van der Waals surface area contributed by atoms with Gasteiger partial charge in [0.15, 0.2) is 0 Å². The fourth-order valence-corrected chi connectivity index (χ4v) is 2.95. The summed E-state index contributed by atoms with van der Waals surface area (Å²) in [5.74, 6) is 0.0967. The predicted molar refractivity (Wildman–Crippen MR) is 88.9 cm³/mol. The van der Waals surface area contributed by atoms with Gasteiger partial charge in [0.05, 0.1) is 11.2 Å². The lowest BCUT2D eigenvalue weighted by molar-refractivity contribution is -0.116. The molecule has 3 heteroatoms. The molecular formula is C19H16N2O. The van der Waals surface area contributed by atoms with E-state index in [1.807, 2.05) is 12.1 Å². The van der Waals surface area contributed by atoms with E-state index in [0.717, 1.165) is 34.3 Å². The number of amides is 1. The Labute approximate surface area is 129 Å². The summed E-state index contributed by atoms with van der Waals surface area (Å²) in [5, 5.41) is 4.08. The standard InChI is InChI=1S/C19H16N2O/c1-12-2-6-16-13(10-12)3-7-17(20-16)14-4-8-18-15(11-14)5-9-19(22)21-18/h2-4,6-8,10-11H,5,9H2,1H3,(H,21,22). The third-order valence-electron chi connectivity index (χ3n) is 4.14. The van der Waals surface area contributed by atoms with E-state index in [1.54, 1.807) is 0 Å². The van der Waals surface area contributed by atoms with Gasteiger partial charge in [0, 0.05) is 23.1 Å². The summed E-state index contributed by atoms with van der Waals surface area (Å²) in [6.07, 6.45) is 1.35. The number of rotatable bonds is 1. The van der Waals surface area contributed by atoms with Gasteiger partial charge in [0.2, 0.25) is 5.91 Å². The summed E-state index contributed by atoms with van der Waals surface area (Å²) in [6, 6.07) is 16.6. The van der Waals surface area contributed by atoms with E-state index in [2.05, 4.69) is 48.6 Å². The molecule has 4 rings (SSSR count). The lowest BCUT2D eigenvalue weighted by Gasteiger charge is -2.17. The molecule has 108 valence electrons. The fourth-order valence-electron chi connectivity index (χ4n) is 2.95. The van der Waals surface area contributed by atoms with Crippen LogP contribution in [0.3, 0.4) is 0 Å². The topological polar surface area (TPSA) is 42.0 Å². The molecule has 1 aromatic heterocycles. The number of aromatic nitrogens is 1. The lowest BCUT2D eigenvalue weighted by atomic mass is 9.98. The number of aryl methyl sites for hydroxylation is 2. The number of carbonyl (C=O) groups excluding carboxylic acids is 1. The van der Waals surface area contributed by atoms with E-state index < -0.39 is 0 Å². The van der Waals surface area contributed by atoms with Gasteiger partial charge in [-0.2, -0.15) is 0 Å². The van der Waals surface area contributed by atoms with Crippen molar-refractivity contribution in [2.45, 2.75) is 19.8 Å². The maximum Gasteiger partial charge on any atom is 0.224 e. The highest BCUT2D eigenvalue weighted by Crippen LogP contribution is 2.29. The van der Waals surface area contributed by atoms with E-state index >= 15 is 0 Å². The molecule has 0 spiro atoms. The van der Waals surface area contributed by atoms with Crippen LogP contribution in [0.5, 0.6) is 0 Å².